The van der Waals surface area contributed by atoms with E-state index < -0.39 is 0 Å². The number of aromatic nitrogens is 2. The van der Waals surface area contributed by atoms with Crippen LogP contribution in [0.25, 0.3) is 0 Å². The Bertz CT molecular complexity index is 761. The molecule has 2 amide bonds. The SMILES string of the molecule is O=C(N[C@@H](c1nccs1)[C@H]1CCCN(C(=O)C2CC2)C1)c1ccccn1. The van der Waals surface area contributed by atoms with Crippen LogP contribution in [0.4, 0.5) is 0 Å². The van der Waals surface area contributed by atoms with Gasteiger partial charge in [0, 0.05) is 42.7 Å². The van der Waals surface area contributed by atoms with E-state index in [1.54, 1.807) is 41.9 Å². The number of hydrogen-bond donors (Lipinski definition) is 1. The first-order chi connectivity index (χ1) is 12.7. The molecule has 1 saturated heterocycles. The van der Waals surface area contributed by atoms with Crippen LogP contribution >= 0.6 is 11.3 Å². The van der Waals surface area contributed by atoms with Crippen LogP contribution in [0.1, 0.15) is 47.2 Å². The van der Waals surface area contributed by atoms with E-state index in [1.807, 2.05) is 10.3 Å². The van der Waals surface area contributed by atoms with E-state index >= 15 is 0 Å². The molecule has 136 valence electrons. The van der Waals surface area contributed by atoms with Crippen LogP contribution in [0.15, 0.2) is 36.0 Å². The van der Waals surface area contributed by atoms with E-state index in [1.165, 1.54) is 0 Å². The van der Waals surface area contributed by atoms with Gasteiger partial charge in [0.2, 0.25) is 5.91 Å². The third-order valence-corrected chi connectivity index (χ3v) is 5.93. The van der Waals surface area contributed by atoms with E-state index in [9.17, 15) is 9.59 Å². The van der Waals surface area contributed by atoms with Gasteiger partial charge in [0.1, 0.15) is 10.7 Å². The van der Waals surface area contributed by atoms with Crippen molar-refractivity contribution in [3.05, 3.63) is 46.7 Å². The van der Waals surface area contributed by atoms with E-state index in [4.69, 9.17) is 0 Å². The van der Waals surface area contributed by atoms with Crippen LogP contribution in [-0.2, 0) is 4.79 Å². The molecule has 0 spiro atoms. The maximum Gasteiger partial charge on any atom is 0.270 e. The molecule has 0 aromatic carbocycles. The summed E-state index contributed by atoms with van der Waals surface area (Å²) < 4.78 is 0. The highest BCUT2D eigenvalue weighted by Crippen LogP contribution is 2.35. The highest BCUT2D eigenvalue weighted by Gasteiger charge is 2.38. The highest BCUT2D eigenvalue weighted by atomic mass is 32.1. The molecule has 0 unspecified atom stereocenters. The van der Waals surface area contributed by atoms with Crippen molar-refractivity contribution in [3.63, 3.8) is 0 Å². The number of pyridine rings is 1. The fraction of sp³-hybridized carbons (Fsp3) is 0.474. The lowest BCUT2D eigenvalue weighted by Crippen LogP contribution is -2.45. The molecule has 2 aliphatic rings. The maximum absolute atomic E-state index is 12.6. The van der Waals surface area contributed by atoms with Crippen LogP contribution in [0.5, 0.6) is 0 Å². The first-order valence-electron chi connectivity index (χ1n) is 9.12. The third-order valence-electron chi connectivity index (χ3n) is 5.07. The lowest BCUT2D eigenvalue weighted by Gasteiger charge is -2.36. The molecular formula is C19H22N4O2S. The Hall–Kier alpha value is -2.28. The summed E-state index contributed by atoms with van der Waals surface area (Å²) in [5, 5.41) is 5.93. The Morgan fingerprint density at radius 1 is 1.19 bits per heavy atom. The Balaban J connectivity index is 1.51. The summed E-state index contributed by atoms with van der Waals surface area (Å²) in [5.41, 5.74) is 0.399. The molecule has 0 radical (unpaired) electrons. The molecule has 1 N–H and O–H groups in total. The van der Waals surface area contributed by atoms with E-state index in [0.29, 0.717) is 12.2 Å². The second-order valence-corrected chi connectivity index (χ2v) is 7.92. The predicted octanol–water partition coefficient (Wildman–Crippen LogP) is 2.66. The van der Waals surface area contributed by atoms with E-state index in [-0.39, 0.29) is 29.7 Å². The number of carbonyl (C=O) groups excluding carboxylic acids is 2. The van der Waals surface area contributed by atoms with Gasteiger partial charge in [-0.25, -0.2) is 4.98 Å². The third kappa shape index (κ3) is 3.77. The maximum atomic E-state index is 12.6. The van der Waals surface area contributed by atoms with Crippen molar-refractivity contribution in [2.24, 2.45) is 11.8 Å². The Morgan fingerprint density at radius 3 is 2.77 bits per heavy atom. The normalized spacial score (nSPS) is 21.2. The van der Waals surface area contributed by atoms with Crippen molar-refractivity contribution in [1.82, 2.24) is 20.2 Å². The standard InChI is InChI=1S/C19H22N4O2S/c24-17(15-5-1-2-8-20-15)22-16(18-21-9-11-26-18)14-4-3-10-23(12-14)19(25)13-6-7-13/h1-2,5,8-9,11,13-14,16H,3-4,6-7,10,12H2,(H,22,24)/t14-,16+/m0/s1. The Kier molecular flexibility index (Phi) is 4.97. The molecular weight excluding hydrogens is 348 g/mol. The zero-order chi connectivity index (χ0) is 17.9. The number of rotatable bonds is 5. The van der Waals surface area contributed by atoms with Gasteiger partial charge < -0.3 is 10.2 Å². The molecule has 6 nitrogen and oxygen atoms in total. The van der Waals surface area contributed by atoms with Gasteiger partial charge in [-0.05, 0) is 37.8 Å². The van der Waals surface area contributed by atoms with Crippen molar-refractivity contribution in [3.8, 4) is 0 Å². The molecule has 3 heterocycles. The van der Waals surface area contributed by atoms with Crippen molar-refractivity contribution >= 4 is 23.2 Å². The number of hydrogen-bond acceptors (Lipinski definition) is 5. The summed E-state index contributed by atoms with van der Waals surface area (Å²) in [6.07, 6.45) is 7.35. The van der Waals surface area contributed by atoms with Gasteiger partial charge >= 0.3 is 0 Å². The quantitative estimate of drug-likeness (QED) is 0.878. The summed E-state index contributed by atoms with van der Waals surface area (Å²) in [7, 11) is 0. The van der Waals surface area contributed by atoms with Gasteiger partial charge in [-0.2, -0.15) is 0 Å². The number of nitrogens with zero attached hydrogens (tertiary/aromatic N) is 3. The molecule has 2 atom stereocenters. The predicted molar refractivity (Wildman–Crippen MR) is 98.6 cm³/mol. The van der Waals surface area contributed by atoms with Gasteiger partial charge in [0.25, 0.3) is 5.91 Å². The van der Waals surface area contributed by atoms with Gasteiger partial charge in [-0.1, -0.05) is 6.07 Å². The number of likely N-dealkylation sites (tertiary alicyclic amines) is 1. The van der Waals surface area contributed by atoms with Crippen LogP contribution in [-0.4, -0.2) is 39.8 Å². The average molecular weight is 370 g/mol. The second kappa shape index (κ2) is 7.53. The number of thiazole rings is 1. The monoisotopic (exact) mass is 370 g/mol. The minimum absolute atomic E-state index is 0.172. The second-order valence-electron chi connectivity index (χ2n) is 7.00. The molecule has 1 aliphatic heterocycles. The van der Waals surface area contributed by atoms with Gasteiger partial charge in [0.05, 0.1) is 6.04 Å². The highest BCUT2D eigenvalue weighted by molar-refractivity contribution is 7.09. The van der Waals surface area contributed by atoms with Crippen LogP contribution in [0, 0.1) is 11.8 Å². The van der Waals surface area contributed by atoms with Crippen LogP contribution < -0.4 is 5.32 Å². The molecule has 1 aliphatic carbocycles. The largest absolute Gasteiger partial charge is 0.342 e. The zero-order valence-electron chi connectivity index (χ0n) is 14.5. The molecule has 0 bridgehead atoms. The fourth-order valence-electron chi connectivity index (χ4n) is 3.55. The number of nitrogens with one attached hydrogen (secondary N) is 1. The van der Waals surface area contributed by atoms with Gasteiger partial charge in [0.15, 0.2) is 0 Å². The Labute approximate surface area is 156 Å². The molecule has 4 rings (SSSR count). The van der Waals surface area contributed by atoms with Crippen molar-refractivity contribution in [2.45, 2.75) is 31.7 Å². The van der Waals surface area contributed by atoms with Crippen molar-refractivity contribution in [1.29, 1.82) is 0 Å². The summed E-state index contributed by atoms with van der Waals surface area (Å²) in [4.78, 5) is 35.7. The van der Waals surface area contributed by atoms with Gasteiger partial charge in [-0.3, -0.25) is 14.6 Å². The smallest absolute Gasteiger partial charge is 0.270 e. The molecule has 7 heteroatoms. The van der Waals surface area contributed by atoms with E-state index in [0.717, 1.165) is 37.2 Å². The summed E-state index contributed by atoms with van der Waals surface area (Å²) in [6.45, 7) is 1.51. The summed E-state index contributed by atoms with van der Waals surface area (Å²) in [6, 6.07) is 5.10. The lowest BCUT2D eigenvalue weighted by atomic mass is 9.90. The van der Waals surface area contributed by atoms with Crippen molar-refractivity contribution < 1.29 is 9.59 Å². The minimum Gasteiger partial charge on any atom is -0.342 e. The first-order valence-corrected chi connectivity index (χ1v) is 10.0. The Morgan fingerprint density at radius 2 is 2.08 bits per heavy atom. The summed E-state index contributed by atoms with van der Waals surface area (Å²) in [5.74, 6) is 0.487. The number of amides is 2. The lowest BCUT2D eigenvalue weighted by molar-refractivity contribution is -0.134. The zero-order valence-corrected chi connectivity index (χ0v) is 15.3. The number of carbonyl (C=O) groups is 2. The summed E-state index contributed by atoms with van der Waals surface area (Å²) >= 11 is 1.54. The fourth-order valence-corrected chi connectivity index (χ4v) is 4.33. The molecule has 2 aromatic rings. The van der Waals surface area contributed by atoms with Crippen LogP contribution in [0.3, 0.4) is 0 Å². The molecule has 1 saturated carbocycles. The molecule has 2 fully saturated rings. The van der Waals surface area contributed by atoms with Crippen molar-refractivity contribution in [2.75, 3.05) is 13.1 Å². The molecule has 26 heavy (non-hydrogen) atoms. The van der Waals surface area contributed by atoms with Gasteiger partial charge in [-0.15, -0.1) is 11.3 Å². The molecule has 2 aromatic heterocycles. The number of piperidine rings is 1. The first kappa shape index (κ1) is 17.1. The van der Waals surface area contributed by atoms with Crippen LogP contribution in [0.2, 0.25) is 0 Å². The topological polar surface area (TPSA) is 75.2 Å². The average Bonchev–Trinajstić information content (AvgIpc) is 3.41. The van der Waals surface area contributed by atoms with E-state index in [2.05, 4.69) is 15.3 Å². The minimum atomic E-state index is -0.198.